The Balaban J connectivity index is 1.93. The maximum Gasteiger partial charge on any atom is 0.225 e. The van der Waals surface area contributed by atoms with Crippen LogP contribution in [-0.4, -0.2) is 57.7 Å². The number of likely N-dealkylation sites (tertiary alicyclic amines) is 1. The lowest BCUT2D eigenvalue weighted by atomic mass is 10.1. The zero-order valence-corrected chi connectivity index (χ0v) is 14.3. The number of hydrogen-bond acceptors (Lipinski definition) is 5. The van der Waals surface area contributed by atoms with Crippen LogP contribution in [0.15, 0.2) is 18.2 Å². The molecule has 24 heavy (non-hydrogen) atoms. The summed E-state index contributed by atoms with van der Waals surface area (Å²) in [7, 11) is 4.76. The quantitative estimate of drug-likeness (QED) is 0.760. The van der Waals surface area contributed by atoms with E-state index in [4.69, 9.17) is 14.2 Å². The molecule has 1 heterocycles. The van der Waals surface area contributed by atoms with E-state index in [-0.39, 0.29) is 24.2 Å². The van der Waals surface area contributed by atoms with E-state index in [1.165, 1.54) is 0 Å². The third-order valence-corrected chi connectivity index (χ3v) is 4.09. The fraction of sp³-hybridized carbons (Fsp3) is 0.529. The maximum absolute atomic E-state index is 12.3. The van der Waals surface area contributed by atoms with Crippen molar-refractivity contribution < 1.29 is 23.8 Å². The van der Waals surface area contributed by atoms with E-state index in [0.717, 1.165) is 5.56 Å². The summed E-state index contributed by atoms with van der Waals surface area (Å²) in [5, 5.41) is 2.88. The van der Waals surface area contributed by atoms with Crippen LogP contribution in [0.4, 0.5) is 0 Å². The molecular weight excluding hydrogens is 312 g/mol. The zero-order valence-electron chi connectivity index (χ0n) is 14.3. The first-order valence-corrected chi connectivity index (χ1v) is 7.84. The predicted molar refractivity (Wildman–Crippen MR) is 88.0 cm³/mol. The fourth-order valence-electron chi connectivity index (χ4n) is 2.71. The van der Waals surface area contributed by atoms with Gasteiger partial charge < -0.3 is 24.4 Å². The van der Waals surface area contributed by atoms with E-state index in [1.807, 2.05) is 6.07 Å². The number of hydrogen-bond donors (Lipinski definition) is 1. The molecule has 1 atom stereocenters. The average Bonchev–Trinajstić information content (AvgIpc) is 2.98. The standard InChI is InChI=1S/C17H24N2O5/c1-22-7-6-19-11-13(9-16(19)20)17(21)18-10-12-8-14(23-2)4-5-15(12)24-3/h4-5,8,13H,6-7,9-11H2,1-3H3,(H,18,21). The van der Waals surface area contributed by atoms with Crippen molar-refractivity contribution in [1.82, 2.24) is 10.2 Å². The summed E-state index contributed by atoms with van der Waals surface area (Å²) >= 11 is 0. The Labute approximate surface area is 141 Å². The molecule has 0 aliphatic carbocycles. The summed E-state index contributed by atoms with van der Waals surface area (Å²) in [6.45, 7) is 1.75. The minimum absolute atomic E-state index is 0.00818. The molecule has 1 saturated heterocycles. The summed E-state index contributed by atoms with van der Waals surface area (Å²) in [5.41, 5.74) is 0.825. The van der Waals surface area contributed by atoms with E-state index >= 15 is 0 Å². The van der Waals surface area contributed by atoms with E-state index in [1.54, 1.807) is 38.4 Å². The van der Waals surface area contributed by atoms with Gasteiger partial charge >= 0.3 is 0 Å². The number of carbonyl (C=O) groups excluding carboxylic acids is 2. The molecule has 1 aromatic rings. The highest BCUT2D eigenvalue weighted by Crippen LogP contribution is 2.24. The summed E-state index contributed by atoms with van der Waals surface area (Å²) in [6, 6.07) is 5.42. The Bertz CT molecular complexity index is 590. The number of rotatable bonds is 8. The lowest BCUT2D eigenvalue weighted by Gasteiger charge is -2.16. The molecule has 1 aliphatic heterocycles. The van der Waals surface area contributed by atoms with Crippen LogP contribution in [0.1, 0.15) is 12.0 Å². The van der Waals surface area contributed by atoms with E-state index in [9.17, 15) is 9.59 Å². The lowest BCUT2D eigenvalue weighted by molar-refractivity contribution is -0.129. The van der Waals surface area contributed by atoms with E-state index in [2.05, 4.69) is 5.32 Å². The average molecular weight is 336 g/mol. The Morgan fingerprint density at radius 3 is 2.75 bits per heavy atom. The normalized spacial score (nSPS) is 17.0. The molecule has 132 valence electrons. The highest BCUT2D eigenvalue weighted by Gasteiger charge is 2.33. The molecule has 1 unspecified atom stereocenters. The first kappa shape index (κ1) is 18.1. The van der Waals surface area contributed by atoms with Crippen LogP contribution in [0.3, 0.4) is 0 Å². The molecule has 0 spiro atoms. The molecule has 0 aromatic heterocycles. The molecule has 2 amide bonds. The topological polar surface area (TPSA) is 77.1 Å². The molecule has 1 fully saturated rings. The van der Waals surface area contributed by atoms with Gasteiger partial charge in [0.05, 0.1) is 26.7 Å². The summed E-state index contributed by atoms with van der Waals surface area (Å²) in [4.78, 5) is 25.9. The highest BCUT2D eigenvalue weighted by atomic mass is 16.5. The third-order valence-electron chi connectivity index (χ3n) is 4.09. The summed E-state index contributed by atoms with van der Waals surface area (Å²) in [6.07, 6.45) is 0.241. The first-order chi connectivity index (χ1) is 11.6. The smallest absolute Gasteiger partial charge is 0.225 e. The van der Waals surface area contributed by atoms with Crippen molar-refractivity contribution in [1.29, 1.82) is 0 Å². The van der Waals surface area contributed by atoms with Crippen LogP contribution in [-0.2, 0) is 20.9 Å². The van der Waals surface area contributed by atoms with Crippen molar-refractivity contribution >= 4 is 11.8 Å². The maximum atomic E-state index is 12.3. The second-order valence-corrected chi connectivity index (χ2v) is 5.63. The van der Waals surface area contributed by atoms with E-state index < -0.39 is 0 Å². The number of benzene rings is 1. The van der Waals surface area contributed by atoms with Gasteiger partial charge in [-0.3, -0.25) is 9.59 Å². The molecule has 0 saturated carbocycles. The van der Waals surface area contributed by atoms with Crippen molar-refractivity contribution in [3.63, 3.8) is 0 Å². The lowest BCUT2D eigenvalue weighted by Crippen LogP contribution is -2.33. The van der Waals surface area contributed by atoms with Crippen molar-refractivity contribution in [3.8, 4) is 11.5 Å². The molecule has 1 aromatic carbocycles. The molecule has 7 heteroatoms. The second-order valence-electron chi connectivity index (χ2n) is 5.63. The van der Waals surface area contributed by atoms with Crippen molar-refractivity contribution in [2.75, 3.05) is 41.0 Å². The Kier molecular flexibility index (Phi) is 6.43. The van der Waals surface area contributed by atoms with Gasteiger partial charge in [0.2, 0.25) is 11.8 Å². The Hall–Kier alpha value is -2.28. The van der Waals surface area contributed by atoms with Crippen molar-refractivity contribution in [2.24, 2.45) is 5.92 Å². The third kappa shape index (κ3) is 4.38. The van der Waals surface area contributed by atoms with Crippen molar-refractivity contribution in [3.05, 3.63) is 23.8 Å². The predicted octanol–water partition coefficient (Wildman–Crippen LogP) is 0.815. The zero-order chi connectivity index (χ0) is 17.5. The van der Waals surface area contributed by atoms with Crippen LogP contribution >= 0.6 is 0 Å². The largest absolute Gasteiger partial charge is 0.497 e. The molecule has 0 radical (unpaired) electrons. The SMILES string of the molecule is COCCN1CC(C(=O)NCc2cc(OC)ccc2OC)CC1=O. The molecule has 1 aliphatic rings. The number of amides is 2. The first-order valence-electron chi connectivity index (χ1n) is 7.84. The van der Waals surface area contributed by atoms with Gasteiger partial charge in [-0.15, -0.1) is 0 Å². The van der Waals surface area contributed by atoms with Crippen LogP contribution in [0.5, 0.6) is 11.5 Å². The van der Waals surface area contributed by atoms with Gasteiger partial charge in [0.25, 0.3) is 0 Å². The number of carbonyl (C=O) groups is 2. The number of nitrogens with one attached hydrogen (secondary N) is 1. The molecular formula is C17H24N2O5. The highest BCUT2D eigenvalue weighted by molar-refractivity contribution is 5.89. The van der Waals surface area contributed by atoms with Gasteiger partial charge in [-0.05, 0) is 18.2 Å². The van der Waals surface area contributed by atoms with Gasteiger partial charge in [-0.25, -0.2) is 0 Å². The van der Waals surface area contributed by atoms with E-state index in [0.29, 0.717) is 37.7 Å². The van der Waals surface area contributed by atoms with Crippen LogP contribution in [0.25, 0.3) is 0 Å². The molecule has 7 nitrogen and oxygen atoms in total. The Morgan fingerprint density at radius 1 is 1.29 bits per heavy atom. The van der Waals surface area contributed by atoms with Crippen LogP contribution < -0.4 is 14.8 Å². The minimum atomic E-state index is -0.328. The van der Waals surface area contributed by atoms with Gasteiger partial charge in [0, 0.05) is 38.7 Å². The number of ether oxygens (including phenoxy) is 3. The monoisotopic (exact) mass is 336 g/mol. The van der Waals surface area contributed by atoms with Gasteiger partial charge in [-0.2, -0.15) is 0 Å². The molecule has 2 rings (SSSR count). The van der Waals surface area contributed by atoms with Gasteiger partial charge in [0.15, 0.2) is 0 Å². The number of nitrogens with zero attached hydrogens (tertiary/aromatic N) is 1. The summed E-state index contributed by atoms with van der Waals surface area (Å²) in [5.74, 6) is 0.910. The summed E-state index contributed by atoms with van der Waals surface area (Å²) < 4.78 is 15.5. The molecule has 1 N–H and O–H groups in total. The van der Waals surface area contributed by atoms with Gasteiger partial charge in [0.1, 0.15) is 11.5 Å². The van der Waals surface area contributed by atoms with Crippen molar-refractivity contribution in [2.45, 2.75) is 13.0 Å². The Morgan fingerprint density at radius 2 is 2.08 bits per heavy atom. The second kappa shape index (κ2) is 8.54. The number of methoxy groups -OCH3 is 3. The fourth-order valence-corrected chi connectivity index (χ4v) is 2.71. The molecule has 0 bridgehead atoms. The minimum Gasteiger partial charge on any atom is -0.497 e. The van der Waals surface area contributed by atoms with Crippen LogP contribution in [0, 0.1) is 5.92 Å². The van der Waals surface area contributed by atoms with Crippen LogP contribution in [0.2, 0.25) is 0 Å². The van der Waals surface area contributed by atoms with Gasteiger partial charge in [-0.1, -0.05) is 0 Å².